The number of halogens is 1. The molecule has 1 nitrogen and oxygen atoms in total. The minimum Gasteiger partial charge on any atom is -0.399 e. The molecule has 1 aromatic rings. The van der Waals surface area contributed by atoms with E-state index in [1.807, 2.05) is 0 Å². The predicted octanol–water partition coefficient (Wildman–Crippen LogP) is 1.41. The second kappa shape index (κ2) is 1.82. The molecule has 0 amide bonds. The van der Waals surface area contributed by atoms with Crippen molar-refractivity contribution < 1.29 is 5.80 Å². The summed E-state index contributed by atoms with van der Waals surface area (Å²) in [7, 11) is 0. The molecule has 0 saturated carbocycles. The first-order valence-electron chi connectivity index (χ1n) is 2.76. The fraction of sp³-hybridized carbons (Fsp3) is 0. The number of hydrogen-bond acceptors (Lipinski definition) is 1. The molecule has 42 valence electrons. The zero-order chi connectivity index (χ0) is 6.69. The van der Waals surface area contributed by atoms with E-state index in [1.54, 1.807) is 0 Å². The molecule has 2 heteroatoms. The topological polar surface area (TPSA) is 26.0 Å². The highest BCUT2D eigenvalue weighted by atomic mass is 19.1. The number of rotatable bonds is 1. The molecule has 0 aliphatic rings. The summed E-state index contributed by atoms with van der Waals surface area (Å²) in [5, 5.41) is 0. The summed E-state index contributed by atoms with van der Waals surface area (Å²) in [5.74, 6) is -0.283. The van der Waals surface area contributed by atoms with Gasteiger partial charge in [-0.2, -0.15) is 0 Å². The lowest BCUT2D eigenvalue weighted by molar-refractivity contribution is 0.628. The average molecular weight is 112 g/mol. The van der Waals surface area contributed by atoms with Crippen LogP contribution in [0.2, 0.25) is 1.41 Å². The quantitative estimate of drug-likeness (QED) is 0.546. The van der Waals surface area contributed by atoms with Gasteiger partial charge < -0.3 is 5.73 Å². The number of anilines is 1. The normalized spacial score (nSPS) is 10.4. The second-order valence-electron chi connectivity index (χ2n) is 1.51. The first-order chi connectivity index (χ1) is 4.33. The van der Waals surface area contributed by atoms with E-state index in [-0.39, 0.29) is 5.82 Å². The number of benzene rings is 1. The molecule has 0 aliphatic carbocycles. The largest absolute Gasteiger partial charge is 0.399 e. The Morgan fingerprint density at radius 2 is 2.00 bits per heavy atom. The van der Waals surface area contributed by atoms with Gasteiger partial charge in [-0.25, -0.2) is 4.39 Å². The van der Waals surface area contributed by atoms with Gasteiger partial charge in [0.2, 0.25) is 0 Å². The van der Waals surface area contributed by atoms with Crippen LogP contribution in [0, 0.1) is 5.82 Å². The van der Waals surface area contributed by atoms with Gasteiger partial charge in [0.05, 0.1) is 0 Å². The minimum absolute atomic E-state index is 0.283. The highest BCUT2D eigenvalue weighted by Gasteiger charge is 1.83. The van der Waals surface area contributed by atoms with E-state index in [2.05, 4.69) is 5.73 Å². The Balaban J connectivity index is 2.88. The van der Waals surface area contributed by atoms with Crippen molar-refractivity contribution in [2.75, 3.05) is 5.73 Å². The van der Waals surface area contributed by atoms with Crippen molar-refractivity contribution in [1.82, 2.24) is 0 Å². The smallest absolute Gasteiger partial charge is 0.156 e. The maximum absolute atomic E-state index is 12.1. The molecule has 0 unspecified atom stereocenters. The molecule has 0 aromatic heterocycles. The molecule has 0 aliphatic heterocycles. The summed E-state index contributed by atoms with van der Waals surface area (Å²) in [5.41, 5.74) is 2.73. The van der Waals surface area contributed by atoms with Crippen LogP contribution in [0.3, 0.4) is 0 Å². The van der Waals surface area contributed by atoms with Crippen LogP contribution < -0.4 is 5.73 Å². The van der Waals surface area contributed by atoms with Gasteiger partial charge in [-0.05, 0) is 24.3 Å². The standard InChI is InChI=1S/C6H6FN/c7-5-1-3-6(8)4-2-5/h1-4H,8H2/i/hD. The van der Waals surface area contributed by atoms with Crippen molar-refractivity contribution in [2.24, 2.45) is 0 Å². The Morgan fingerprint density at radius 1 is 1.38 bits per heavy atom. The average Bonchev–Trinajstić information content (AvgIpc) is 1.90. The number of nitrogen functional groups attached to an aromatic ring is 1. The first kappa shape index (κ1) is 3.89. The fourth-order valence-corrected chi connectivity index (χ4v) is 0.450. The van der Waals surface area contributed by atoms with Gasteiger partial charge in [0.1, 0.15) is 5.82 Å². The van der Waals surface area contributed by atoms with Crippen LogP contribution in [0.5, 0.6) is 0 Å². The van der Waals surface area contributed by atoms with Gasteiger partial charge in [-0.3, -0.25) is 0 Å². The summed E-state index contributed by atoms with van der Waals surface area (Å²) in [4.78, 5) is 0. The van der Waals surface area contributed by atoms with E-state index in [9.17, 15) is 4.39 Å². The van der Waals surface area contributed by atoms with E-state index in [0.717, 1.165) is 0 Å². The van der Waals surface area contributed by atoms with Gasteiger partial charge in [0.25, 0.3) is 0 Å². The SMILES string of the molecule is [2H]Nc1ccc(F)cc1. The zero-order valence-corrected chi connectivity index (χ0v) is 4.19. The lowest BCUT2D eigenvalue weighted by Crippen LogP contribution is -1.82. The van der Waals surface area contributed by atoms with Gasteiger partial charge >= 0.3 is 0 Å². The molecule has 8 heavy (non-hydrogen) atoms. The van der Waals surface area contributed by atoms with E-state index in [0.29, 0.717) is 5.69 Å². The predicted molar refractivity (Wildman–Crippen MR) is 30.8 cm³/mol. The molecule has 0 bridgehead atoms. The van der Waals surface area contributed by atoms with Crippen LogP contribution in [0.15, 0.2) is 24.3 Å². The molecular formula is C6H6FN. The summed E-state index contributed by atoms with van der Waals surface area (Å²) >= 11 is 0. The molecule has 0 fully saturated rings. The van der Waals surface area contributed by atoms with Gasteiger partial charge in [-0.1, -0.05) is 0 Å². The summed E-state index contributed by atoms with van der Waals surface area (Å²) in [6, 6.07) is 5.61. The van der Waals surface area contributed by atoms with E-state index in [4.69, 9.17) is 1.41 Å². The van der Waals surface area contributed by atoms with Gasteiger partial charge in [0, 0.05) is 5.69 Å². The Morgan fingerprint density at radius 3 is 2.50 bits per heavy atom. The third-order valence-electron chi connectivity index (χ3n) is 0.844. The van der Waals surface area contributed by atoms with Gasteiger partial charge in [0.15, 0.2) is 1.41 Å². The first-order valence-corrected chi connectivity index (χ1v) is 2.26. The molecule has 1 rings (SSSR count). The number of nitrogens with two attached hydrogens (primary N) is 1. The van der Waals surface area contributed by atoms with Crippen LogP contribution in [-0.4, -0.2) is 0 Å². The Kier molecular flexibility index (Phi) is 0.886. The Hall–Kier alpha value is -1.05. The molecule has 0 heterocycles. The van der Waals surface area contributed by atoms with Crippen molar-refractivity contribution in [3.8, 4) is 0 Å². The lowest BCUT2D eigenvalue weighted by atomic mass is 10.3. The maximum atomic E-state index is 12.1. The molecule has 1 aromatic carbocycles. The van der Waals surface area contributed by atoms with Crippen LogP contribution in [0.4, 0.5) is 10.1 Å². The molecule has 0 atom stereocenters. The van der Waals surface area contributed by atoms with Crippen LogP contribution in [0.25, 0.3) is 0 Å². The molecule has 0 saturated heterocycles. The second-order valence-corrected chi connectivity index (χ2v) is 1.51. The van der Waals surface area contributed by atoms with E-state index in [1.165, 1.54) is 24.3 Å². The fourth-order valence-electron chi connectivity index (χ4n) is 0.450. The molecule has 2 N–H and O–H groups in total. The molecule has 0 spiro atoms. The van der Waals surface area contributed by atoms with Crippen molar-refractivity contribution in [2.45, 2.75) is 0 Å². The van der Waals surface area contributed by atoms with Gasteiger partial charge in [-0.15, -0.1) is 0 Å². The van der Waals surface area contributed by atoms with E-state index < -0.39 is 0 Å². The molecular weight excluding hydrogens is 105 g/mol. The summed E-state index contributed by atoms with van der Waals surface area (Å²) in [6.07, 6.45) is 0. The molecule has 0 radical (unpaired) electrons. The summed E-state index contributed by atoms with van der Waals surface area (Å²) < 4.78 is 18.8. The van der Waals surface area contributed by atoms with Crippen LogP contribution in [0.1, 0.15) is 0 Å². The highest BCUT2D eigenvalue weighted by Crippen LogP contribution is 2.01. The van der Waals surface area contributed by atoms with Crippen LogP contribution in [-0.2, 0) is 0 Å². The minimum atomic E-state index is -0.283. The Labute approximate surface area is 48.4 Å². The van der Waals surface area contributed by atoms with Crippen molar-refractivity contribution in [1.29, 1.82) is 0 Å². The lowest BCUT2D eigenvalue weighted by Gasteiger charge is -1.87. The highest BCUT2D eigenvalue weighted by molar-refractivity contribution is 5.36. The third kappa shape index (κ3) is 0.964. The monoisotopic (exact) mass is 112 g/mol. The maximum Gasteiger partial charge on any atom is 0.156 e. The third-order valence-corrected chi connectivity index (χ3v) is 0.844. The number of hydrogen-bond donors (Lipinski definition) is 1. The van der Waals surface area contributed by atoms with E-state index >= 15 is 0 Å². The van der Waals surface area contributed by atoms with Crippen LogP contribution >= 0.6 is 0 Å². The zero-order valence-electron chi connectivity index (χ0n) is 5.19. The Bertz CT molecular complexity index is 185. The van der Waals surface area contributed by atoms with Crippen molar-refractivity contribution in [3.63, 3.8) is 0 Å². The van der Waals surface area contributed by atoms with Crippen molar-refractivity contribution >= 4 is 5.69 Å². The summed E-state index contributed by atoms with van der Waals surface area (Å²) in [6.45, 7) is 0. The van der Waals surface area contributed by atoms with Crippen molar-refractivity contribution in [3.05, 3.63) is 30.1 Å².